The minimum Gasteiger partial charge on any atom is -0.385 e. The van der Waals surface area contributed by atoms with E-state index < -0.39 is 0 Å². The van der Waals surface area contributed by atoms with Gasteiger partial charge in [-0.2, -0.15) is 0 Å². The first-order valence-electron chi connectivity index (χ1n) is 12.3. The Morgan fingerprint density at radius 3 is 2.58 bits per heavy atom. The molecule has 0 aromatic heterocycles. The summed E-state index contributed by atoms with van der Waals surface area (Å²) in [6.07, 6.45) is 4.77. The number of nitrogens with zero attached hydrogens (tertiary/aromatic N) is 3. The van der Waals surface area contributed by atoms with Crippen LogP contribution in [0.1, 0.15) is 43.2 Å². The van der Waals surface area contributed by atoms with Gasteiger partial charge in [0.15, 0.2) is 0 Å². The second-order valence-corrected chi connectivity index (χ2v) is 9.61. The molecular formula is C27H34N4O2. The Balaban J connectivity index is 1.41. The predicted octanol–water partition coefficient (Wildman–Crippen LogP) is 3.49. The van der Waals surface area contributed by atoms with Crippen LogP contribution < -0.4 is 5.32 Å². The van der Waals surface area contributed by atoms with Crippen LogP contribution in [0.4, 0.5) is 5.69 Å². The predicted molar refractivity (Wildman–Crippen MR) is 130 cm³/mol. The Hall–Kier alpha value is -2.86. The van der Waals surface area contributed by atoms with Gasteiger partial charge in [0.05, 0.1) is 6.54 Å². The van der Waals surface area contributed by atoms with E-state index in [9.17, 15) is 9.59 Å². The van der Waals surface area contributed by atoms with E-state index >= 15 is 0 Å². The summed E-state index contributed by atoms with van der Waals surface area (Å²) < 4.78 is 0. The zero-order valence-corrected chi connectivity index (χ0v) is 19.3. The molecule has 0 aliphatic carbocycles. The number of anilines is 1. The summed E-state index contributed by atoms with van der Waals surface area (Å²) >= 11 is 0. The minimum atomic E-state index is 0.0578. The number of amides is 2. The van der Waals surface area contributed by atoms with Crippen molar-refractivity contribution in [2.75, 3.05) is 31.5 Å². The third-order valence-corrected chi connectivity index (χ3v) is 7.43. The Bertz CT molecular complexity index is 979. The van der Waals surface area contributed by atoms with Gasteiger partial charge in [0, 0.05) is 56.9 Å². The first-order chi connectivity index (χ1) is 16.2. The van der Waals surface area contributed by atoms with Gasteiger partial charge in [-0.15, -0.1) is 0 Å². The molecule has 174 valence electrons. The summed E-state index contributed by atoms with van der Waals surface area (Å²) in [6, 6.07) is 19.8. The van der Waals surface area contributed by atoms with Crippen LogP contribution in [0.5, 0.6) is 0 Å². The fourth-order valence-electron chi connectivity index (χ4n) is 5.63. The minimum absolute atomic E-state index is 0.0578. The van der Waals surface area contributed by atoms with Gasteiger partial charge < -0.3 is 15.1 Å². The zero-order chi connectivity index (χ0) is 22.6. The number of carbonyl (C=O) groups is 2. The molecule has 3 aliphatic rings. The number of benzene rings is 2. The molecule has 33 heavy (non-hydrogen) atoms. The number of nitrogens with one attached hydrogen (secondary N) is 1. The van der Waals surface area contributed by atoms with Crippen molar-refractivity contribution in [1.29, 1.82) is 0 Å². The number of para-hydroxylation sites is 1. The Morgan fingerprint density at radius 2 is 1.76 bits per heavy atom. The van der Waals surface area contributed by atoms with E-state index in [1.807, 2.05) is 17.0 Å². The molecule has 3 aliphatic heterocycles. The van der Waals surface area contributed by atoms with Crippen molar-refractivity contribution in [3.63, 3.8) is 0 Å². The summed E-state index contributed by atoms with van der Waals surface area (Å²) in [5.74, 6) is 0.164. The van der Waals surface area contributed by atoms with Gasteiger partial charge in [0.1, 0.15) is 0 Å². The Labute approximate surface area is 196 Å². The van der Waals surface area contributed by atoms with E-state index in [0.29, 0.717) is 38.1 Å². The third kappa shape index (κ3) is 5.06. The number of hydrogen-bond donors (Lipinski definition) is 1. The maximum Gasteiger partial charge on any atom is 0.242 e. The van der Waals surface area contributed by atoms with Gasteiger partial charge in [-0.1, -0.05) is 48.5 Å². The summed E-state index contributed by atoms with van der Waals surface area (Å²) in [7, 11) is 0. The quantitative estimate of drug-likeness (QED) is 0.781. The second-order valence-electron chi connectivity index (χ2n) is 9.61. The van der Waals surface area contributed by atoms with Crippen molar-refractivity contribution < 1.29 is 9.59 Å². The highest BCUT2D eigenvalue weighted by molar-refractivity contribution is 5.86. The molecule has 2 saturated heterocycles. The van der Waals surface area contributed by atoms with Crippen LogP contribution >= 0.6 is 0 Å². The Kier molecular flexibility index (Phi) is 6.63. The van der Waals surface area contributed by atoms with E-state index in [0.717, 1.165) is 50.0 Å². The van der Waals surface area contributed by atoms with Crippen molar-refractivity contribution in [3.05, 3.63) is 65.7 Å². The summed E-state index contributed by atoms with van der Waals surface area (Å²) in [4.78, 5) is 32.0. The molecule has 5 rings (SSSR count). The van der Waals surface area contributed by atoms with Gasteiger partial charge in [0.25, 0.3) is 0 Å². The first-order valence-corrected chi connectivity index (χ1v) is 12.3. The topological polar surface area (TPSA) is 55.9 Å². The van der Waals surface area contributed by atoms with Crippen molar-refractivity contribution in [3.8, 4) is 0 Å². The number of fused-ring (bicyclic) bond motifs is 3. The molecule has 3 heterocycles. The van der Waals surface area contributed by atoms with E-state index in [1.165, 1.54) is 5.56 Å². The average Bonchev–Trinajstić information content (AvgIpc) is 3.39. The number of rotatable bonds is 4. The SMILES string of the molecule is O=C1CCCN1CC(=O)N1Cc2ccccc2NCC[C@@H]2CC[C@H](C1)N2Cc1ccccc1. The molecule has 0 radical (unpaired) electrons. The highest BCUT2D eigenvalue weighted by Crippen LogP contribution is 2.31. The molecule has 2 aromatic carbocycles. The molecule has 2 fully saturated rings. The molecule has 1 N–H and O–H groups in total. The lowest BCUT2D eigenvalue weighted by Gasteiger charge is -2.34. The zero-order valence-electron chi connectivity index (χ0n) is 19.3. The summed E-state index contributed by atoms with van der Waals surface area (Å²) in [5, 5.41) is 3.64. The number of carbonyl (C=O) groups excluding carboxylic acids is 2. The molecule has 2 amide bonds. The Morgan fingerprint density at radius 1 is 0.970 bits per heavy atom. The van der Waals surface area contributed by atoms with E-state index in [2.05, 4.69) is 52.7 Å². The highest BCUT2D eigenvalue weighted by Gasteiger charge is 2.36. The van der Waals surface area contributed by atoms with Gasteiger partial charge in [0.2, 0.25) is 11.8 Å². The molecule has 6 nitrogen and oxygen atoms in total. The van der Waals surface area contributed by atoms with Crippen molar-refractivity contribution >= 4 is 17.5 Å². The second kappa shape index (κ2) is 9.96. The normalized spacial score (nSPS) is 23.7. The summed E-state index contributed by atoms with van der Waals surface area (Å²) in [5.41, 5.74) is 3.58. The van der Waals surface area contributed by atoms with Gasteiger partial charge in [-0.25, -0.2) is 0 Å². The largest absolute Gasteiger partial charge is 0.385 e. The average molecular weight is 447 g/mol. The standard InChI is InChI=1S/C27H34N4O2/c32-26-11-6-16-29(26)20-27(33)30-18-22-9-4-5-10-25(22)28-15-14-23-12-13-24(19-30)31(23)17-21-7-2-1-3-8-21/h1-5,7-10,23-24,28H,6,11-20H2/t23-,24+/m0/s1. The highest BCUT2D eigenvalue weighted by atomic mass is 16.2. The molecule has 2 atom stereocenters. The summed E-state index contributed by atoms with van der Waals surface area (Å²) in [6.45, 7) is 4.01. The number of hydrogen-bond acceptors (Lipinski definition) is 4. The lowest BCUT2D eigenvalue weighted by atomic mass is 10.1. The fourth-order valence-corrected chi connectivity index (χ4v) is 5.63. The van der Waals surface area contributed by atoms with Crippen LogP contribution in [-0.4, -0.2) is 64.8 Å². The molecule has 2 aromatic rings. The van der Waals surface area contributed by atoms with Crippen molar-refractivity contribution in [2.24, 2.45) is 0 Å². The van der Waals surface area contributed by atoms with Crippen molar-refractivity contribution in [2.45, 2.75) is 57.3 Å². The third-order valence-electron chi connectivity index (χ3n) is 7.43. The lowest BCUT2D eigenvalue weighted by molar-refractivity contribution is -0.139. The van der Waals surface area contributed by atoms with Crippen LogP contribution in [-0.2, 0) is 22.7 Å². The van der Waals surface area contributed by atoms with Crippen LogP contribution in [0.25, 0.3) is 0 Å². The molecule has 0 spiro atoms. The smallest absolute Gasteiger partial charge is 0.242 e. The van der Waals surface area contributed by atoms with Crippen LogP contribution in [0, 0.1) is 0 Å². The number of likely N-dealkylation sites (tertiary alicyclic amines) is 1. The fraction of sp³-hybridized carbons (Fsp3) is 0.481. The molecule has 0 saturated carbocycles. The molecule has 6 heteroatoms. The van der Waals surface area contributed by atoms with Crippen LogP contribution in [0.2, 0.25) is 0 Å². The van der Waals surface area contributed by atoms with Gasteiger partial charge >= 0.3 is 0 Å². The van der Waals surface area contributed by atoms with Crippen LogP contribution in [0.15, 0.2) is 54.6 Å². The monoisotopic (exact) mass is 446 g/mol. The van der Waals surface area contributed by atoms with Crippen LogP contribution in [0.3, 0.4) is 0 Å². The van der Waals surface area contributed by atoms with Crippen molar-refractivity contribution in [1.82, 2.24) is 14.7 Å². The van der Waals surface area contributed by atoms with E-state index in [-0.39, 0.29) is 18.4 Å². The molecule has 2 bridgehead atoms. The maximum absolute atomic E-state index is 13.5. The van der Waals surface area contributed by atoms with E-state index in [1.54, 1.807) is 4.90 Å². The lowest BCUT2D eigenvalue weighted by Crippen LogP contribution is -2.47. The van der Waals surface area contributed by atoms with E-state index in [4.69, 9.17) is 0 Å². The molecular weight excluding hydrogens is 412 g/mol. The molecule has 0 unspecified atom stereocenters. The van der Waals surface area contributed by atoms with Gasteiger partial charge in [-0.05, 0) is 42.9 Å². The first kappa shape index (κ1) is 22.0. The maximum atomic E-state index is 13.5. The van der Waals surface area contributed by atoms with Gasteiger partial charge in [-0.3, -0.25) is 14.5 Å².